The summed E-state index contributed by atoms with van der Waals surface area (Å²) in [4.78, 5) is 24.3. The fraction of sp³-hybridized carbons (Fsp3) is 0.300. The normalized spacial score (nSPS) is 12.9. The van der Waals surface area contributed by atoms with Gasteiger partial charge in [-0.2, -0.15) is 0 Å². The molecule has 0 fully saturated rings. The van der Waals surface area contributed by atoms with Crippen LogP contribution >= 0.6 is 0 Å². The Balaban J connectivity index is 1.92. The Labute approximate surface area is 148 Å². The van der Waals surface area contributed by atoms with Gasteiger partial charge in [0.05, 0.1) is 13.2 Å². The number of methoxy groups -OCH3 is 1. The van der Waals surface area contributed by atoms with E-state index in [0.717, 1.165) is 11.1 Å². The molecule has 2 aromatic carbocycles. The highest BCUT2D eigenvalue weighted by Gasteiger charge is 2.24. The molecule has 2 rings (SSSR count). The van der Waals surface area contributed by atoms with E-state index in [1.54, 1.807) is 0 Å². The van der Waals surface area contributed by atoms with Crippen LogP contribution < -0.4 is 11.1 Å². The lowest BCUT2D eigenvalue weighted by atomic mass is 10.0. The van der Waals surface area contributed by atoms with Gasteiger partial charge in [-0.15, -0.1) is 0 Å². The Morgan fingerprint density at radius 3 is 2.12 bits per heavy atom. The molecular weight excluding hydrogens is 316 g/mol. The van der Waals surface area contributed by atoms with Gasteiger partial charge in [-0.05, 0) is 24.0 Å². The number of benzene rings is 2. The Morgan fingerprint density at radius 1 is 1.00 bits per heavy atom. The first kappa shape index (κ1) is 18.7. The van der Waals surface area contributed by atoms with Crippen molar-refractivity contribution in [3.05, 3.63) is 71.8 Å². The zero-order valence-corrected chi connectivity index (χ0v) is 14.4. The number of ether oxygens (including phenoxy) is 1. The van der Waals surface area contributed by atoms with E-state index in [1.165, 1.54) is 7.11 Å². The van der Waals surface area contributed by atoms with Crippen molar-refractivity contribution in [3.63, 3.8) is 0 Å². The first-order chi connectivity index (χ1) is 12.1. The molecule has 0 spiro atoms. The Bertz CT molecular complexity index is 674. The summed E-state index contributed by atoms with van der Waals surface area (Å²) in [5.74, 6) is -0.824. The quantitative estimate of drug-likeness (QED) is 0.719. The highest BCUT2D eigenvalue weighted by molar-refractivity contribution is 5.87. The summed E-state index contributed by atoms with van der Waals surface area (Å²) in [6.07, 6.45) is 1.58. The number of carbonyl (C=O) groups is 2. The van der Waals surface area contributed by atoms with Crippen LogP contribution in [0.3, 0.4) is 0 Å². The third kappa shape index (κ3) is 6.04. The van der Waals surface area contributed by atoms with Crippen molar-refractivity contribution in [2.24, 2.45) is 5.73 Å². The molecule has 132 valence electrons. The molecular formula is C20H24N2O3. The Hall–Kier alpha value is -2.66. The number of amides is 1. The molecule has 0 aliphatic rings. The summed E-state index contributed by atoms with van der Waals surface area (Å²) >= 11 is 0. The molecule has 0 unspecified atom stereocenters. The summed E-state index contributed by atoms with van der Waals surface area (Å²) < 4.78 is 4.80. The smallest absolute Gasteiger partial charge is 0.328 e. The minimum Gasteiger partial charge on any atom is -0.467 e. The molecule has 2 aromatic rings. The summed E-state index contributed by atoms with van der Waals surface area (Å²) in [5, 5.41) is 2.71. The average molecular weight is 340 g/mol. The predicted molar refractivity (Wildman–Crippen MR) is 96.8 cm³/mol. The lowest BCUT2D eigenvalue weighted by Gasteiger charge is -2.19. The number of esters is 1. The summed E-state index contributed by atoms with van der Waals surface area (Å²) in [7, 11) is 1.31. The van der Waals surface area contributed by atoms with Gasteiger partial charge in [-0.1, -0.05) is 60.7 Å². The fourth-order valence-electron chi connectivity index (χ4n) is 2.56. The van der Waals surface area contributed by atoms with Gasteiger partial charge in [-0.3, -0.25) is 4.79 Å². The van der Waals surface area contributed by atoms with Gasteiger partial charge in [-0.25, -0.2) is 4.79 Å². The monoisotopic (exact) mass is 340 g/mol. The molecule has 0 bridgehead atoms. The molecule has 0 aromatic heterocycles. The summed E-state index contributed by atoms with van der Waals surface area (Å²) in [5.41, 5.74) is 8.05. The van der Waals surface area contributed by atoms with E-state index in [1.807, 2.05) is 60.7 Å². The second-order valence-electron chi connectivity index (χ2n) is 5.90. The van der Waals surface area contributed by atoms with Gasteiger partial charge in [0, 0.05) is 6.42 Å². The van der Waals surface area contributed by atoms with E-state index >= 15 is 0 Å². The number of hydrogen-bond acceptors (Lipinski definition) is 4. The van der Waals surface area contributed by atoms with Crippen LogP contribution in [0.1, 0.15) is 17.5 Å². The van der Waals surface area contributed by atoms with E-state index in [2.05, 4.69) is 5.32 Å². The SMILES string of the molecule is COC(=O)[C@H](Cc1ccccc1)NC(=O)[C@@H](N)CCc1ccccc1. The molecule has 3 N–H and O–H groups in total. The van der Waals surface area contributed by atoms with E-state index in [-0.39, 0.29) is 5.91 Å². The van der Waals surface area contributed by atoms with Gasteiger partial charge in [0.1, 0.15) is 6.04 Å². The molecule has 25 heavy (non-hydrogen) atoms. The van der Waals surface area contributed by atoms with Crippen LogP contribution in [-0.2, 0) is 27.2 Å². The average Bonchev–Trinajstić information content (AvgIpc) is 2.66. The molecule has 0 aliphatic heterocycles. The molecule has 0 saturated heterocycles. The van der Waals surface area contributed by atoms with Crippen LogP contribution in [0.15, 0.2) is 60.7 Å². The van der Waals surface area contributed by atoms with Crippen molar-refractivity contribution in [3.8, 4) is 0 Å². The molecule has 0 saturated carbocycles. The molecule has 5 heteroatoms. The lowest BCUT2D eigenvalue weighted by Crippen LogP contribution is -2.49. The molecule has 0 aliphatic carbocycles. The van der Waals surface area contributed by atoms with Gasteiger partial charge >= 0.3 is 5.97 Å². The maximum absolute atomic E-state index is 12.3. The zero-order chi connectivity index (χ0) is 18.1. The number of carbonyl (C=O) groups excluding carboxylic acids is 2. The Kier molecular flexibility index (Phi) is 7.16. The third-order valence-electron chi connectivity index (χ3n) is 4.01. The maximum Gasteiger partial charge on any atom is 0.328 e. The standard InChI is InChI=1S/C20H24N2O3/c1-25-20(24)18(14-16-10-6-3-7-11-16)22-19(23)17(21)13-12-15-8-4-2-5-9-15/h2-11,17-18H,12-14,21H2,1H3,(H,22,23)/t17-,18-/m0/s1. The number of aryl methyl sites for hydroxylation is 1. The molecule has 5 nitrogen and oxygen atoms in total. The van der Waals surface area contributed by atoms with Crippen molar-refractivity contribution in [1.82, 2.24) is 5.32 Å². The van der Waals surface area contributed by atoms with Crippen LogP contribution in [0.5, 0.6) is 0 Å². The first-order valence-corrected chi connectivity index (χ1v) is 8.31. The van der Waals surface area contributed by atoms with E-state index < -0.39 is 18.1 Å². The second-order valence-corrected chi connectivity index (χ2v) is 5.90. The van der Waals surface area contributed by atoms with Crippen molar-refractivity contribution in [2.45, 2.75) is 31.3 Å². The van der Waals surface area contributed by atoms with Gasteiger partial charge < -0.3 is 15.8 Å². The summed E-state index contributed by atoms with van der Waals surface area (Å²) in [6, 6.07) is 17.9. The lowest BCUT2D eigenvalue weighted by molar-refractivity contribution is -0.145. The first-order valence-electron chi connectivity index (χ1n) is 8.31. The van der Waals surface area contributed by atoms with E-state index in [9.17, 15) is 9.59 Å². The fourth-order valence-corrected chi connectivity index (χ4v) is 2.56. The van der Waals surface area contributed by atoms with Crippen LogP contribution in [0.4, 0.5) is 0 Å². The number of rotatable bonds is 8. The van der Waals surface area contributed by atoms with Crippen LogP contribution in [0.25, 0.3) is 0 Å². The van der Waals surface area contributed by atoms with E-state index in [0.29, 0.717) is 19.3 Å². The van der Waals surface area contributed by atoms with Crippen molar-refractivity contribution in [2.75, 3.05) is 7.11 Å². The molecule has 2 atom stereocenters. The zero-order valence-electron chi connectivity index (χ0n) is 14.4. The minimum absolute atomic E-state index is 0.345. The highest BCUT2D eigenvalue weighted by atomic mass is 16.5. The van der Waals surface area contributed by atoms with Crippen molar-refractivity contribution in [1.29, 1.82) is 0 Å². The van der Waals surface area contributed by atoms with Gasteiger partial charge in [0.2, 0.25) is 5.91 Å². The predicted octanol–water partition coefficient (Wildman–Crippen LogP) is 1.85. The topological polar surface area (TPSA) is 81.4 Å². The highest BCUT2D eigenvalue weighted by Crippen LogP contribution is 2.07. The third-order valence-corrected chi connectivity index (χ3v) is 4.01. The van der Waals surface area contributed by atoms with Crippen molar-refractivity contribution < 1.29 is 14.3 Å². The number of nitrogens with one attached hydrogen (secondary N) is 1. The van der Waals surface area contributed by atoms with Crippen LogP contribution in [-0.4, -0.2) is 31.1 Å². The van der Waals surface area contributed by atoms with Gasteiger partial charge in [0.25, 0.3) is 0 Å². The number of nitrogens with two attached hydrogens (primary N) is 1. The number of hydrogen-bond donors (Lipinski definition) is 2. The largest absolute Gasteiger partial charge is 0.467 e. The van der Waals surface area contributed by atoms with Crippen molar-refractivity contribution >= 4 is 11.9 Å². The van der Waals surface area contributed by atoms with Crippen LogP contribution in [0, 0.1) is 0 Å². The Morgan fingerprint density at radius 2 is 1.56 bits per heavy atom. The molecule has 0 heterocycles. The van der Waals surface area contributed by atoms with Gasteiger partial charge in [0.15, 0.2) is 0 Å². The minimum atomic E-state index is -0.748. The van der Waals surface area contributed by atoms with E-state index in [4.69, 9.17) is 10.5 Å². The molecule has 1 amide bonds. The second kappa shape index (κ2) is 9.59. The maximum atomic E-state index is 12.3. The van der Waals surface area contributed by atoms with Crippen LogP contribution in [0.2, 0.25) is 0 Å². The molecule has 0 radical (unpaired) electrons. The summed E-state index contributed by atoms with van der Waals surface area (Å²) in [6.45, 7) is 0.